The van der Waals surface area contributed by atoms with Gasteiger partial charge in [-0.3, -0.25) is 4.79 Å². The summed E-state index contributed by atoms with van der Waals surface area (Å²) in [5.41, 5.74) is 1.64. The Kier molecular flexibility index (Phi) is 3.83. The average molecular weight is 322 g/mol. The van der Waals surface area contributed by atoms with E-state index >= 15 is 0 Å². The second-order valence-electron chi connectivity index (χ2n) is 5.08. The minimum absolute atomic E-state index is 0.279. The van der Waals surface area contributed by atoms with Crippen molar-refractivity contribution >= 4 is 34.8 Å². The van der Waals surface area contributed by atoms with E-state index in [4.69, 9.17) is 23.2 Å². The normalized spacial score (nSPS) is 14.0. The number of aromatic nitrogens is 2. The van der Waals surface area contributed by atoms with Crippen molar-refractivity contribution in [2.45, 2.75) is 25.7 Å². The van der Waals surface area contributed by atoms with Crippen LogP contribution in [0.4, 0.5) is 5.69 Å². The number of halogens is 2. The molecule has 0 unspecified atom stereocenters. The summed E-state index contributed by atoms with van der Waals surface area (Å²) >= 11 is 11.9. The molecule has 0 bridgehead atoms. The molecule has 108 valence electrons. The summed E-state index contributed by atoms with van der Waals surface area (Å²) in [6.45, 7) is 1.81. The van der Waals surface area contributed by atoms with Crippen molar-refractivity contribution in [2.24, 2.45) is 0 Å². The van der Waals surface area contributed by atoms with Crippen LogP contribution >= 0.6 is 23.2 Å². The Morgan fingerprint density at radius 2 is 2.10 bits per heavy atom. The molecule has 1 aliphatic rings. The topological polar surface area (TPSA) is 54.9 Å². The number of nitrogens with zero attached hydrogens (tertiary/aromatic N) is 2. The highest BCUT2D eigenvalue weighted by atomic mass is 35.5. The van der Waals surface area contributed by atoms with E-state index in [-0.39, 0.29) is 5.91 Å². The standard InChI is InChI=1S/C15H13Cl2N3O/c1-8-11(7-18-14(19-8)9-2-3-9)15(21)20-13-5-4-10(16)6-12(13)17/h4-7,9H,2-3H2,1H3,(H,20,21). The lowest BCUT2D eigenvalue weighted by Gasteiger charge is -2.09. The Hall–Kier alpha value is -1.65. The molecule has 0 spiro atoms. The van der Waals surface area contributed by atoms with E-state index < -0.39 is 0 Å². The van der Waals surface area contributed by atoms with Crippen LogP contribution in [0, 0.1) is 6.92 Å². The number of nitrogens with one attached hydrogen (secondary N) is 1. The van der Waals surface area contributed by atoms with Gasteiger partial charge in [-0.25, -0.2) is 9.97 Å². The van der Waals surface area contributed by atoms with Crippen molar-refractivity contribution in [3.63, 3.8) is 0 Å². The van der Waals surface area contributed by atoms with Crippen molar-refractivity contribution < 1.29 is 4.79 Å². The first-order chi connectivity index (χ1) is 10.0. The summed E-state index contributed by atoms with van der Waals surface area (Å²) < 4.78 is 0. The zero-order valence-corrected chi connectivity index (χ0v) is 12.9. The number of carbonyl (C=O) groups is 1. The van der Waals surface area contributed by atoms with Gasteiger partial charge in [-0.1, -0.05) is 23.2 Å². The molecule has 1 aliphatic carbocycles. The fraction of sp³-hybridized carbons (Fsp3) is 0.267. The lowest BCUT2D eigenvalue weighted by molar-refractivity contribution is 0.102. The molecule has 1 aromatic heterocycles. The van der Waals surface area contributed by atoms with Crippen LogP contribution in [0.2, 0.25) is 10.0 Å². The van der Waals surface area contributed by atoms with Crippen LogP contribution in [0.1, 0.15) is 40.6 Å². The molecular formula is C15H13Cl2N3O. The van der Waals surface area contributed by atoms with E-state index in [1.54, 1.807) is 24.4 Å². The SMILES string of the molecule is Cc1nc(C2CC2)ncc1C(=O)Nc1ccc(Cl)cc1Cl. The summed E-state index contributed by atoms with van der Waals surface area (Å²) in [5.74, 6) is 1.01. The molecule has 1 heterocycles. The van der Waals surface area contributed by atoms with Crippen LogP contribution in [-0.4, -0.2) is 15.9 Å². The third-order valence-electron chi connectivity index (χ3n) is 3.36. The highest BCUT2D eigenvalue weighted by molar-refractivity contribution is 6.36. The molecule has 1 aromatic carbocycles. The quantitative estimate of drug-likeness (QED) is 0.920. The molecule has 3 rings (SSSR count). The molecule has 0 radical (unpaired) electrons. The van der Waals surface area contributed by atoms with Gasteiger partial charge in [-0.2, -0.15) is 0 Å². The number of anilines is 1. The monoisotopic (exact) mass is 321 g/mol. The average Bonchev–Trinajstić information content (AvgIpc) is 3.26. The van der Waals surface area contributed by atoms with Crippen LogP contribution in [0.15, 0.2) is 24.4 Å². The van der Waals surface area contributed by atoms with Crippen LogP contribution < -0.4 is 5.32 Å². The molecule has 0 atom stereocenters. The summed E-state index contributed by atoms with van der Waals surface area (Å²) in [4.78, 5) is 21.0. The number of rotatable bonds is 3. The van der Waals surface area contributed by atoms with Gasteiger partial charge in [0.2, 0.25) is 0 Å². The largest absolute Gasteiger partial charge is 0.321 e. The highest BCUT2D eigenvalue weighted by Crippen LogP contribution is 2.38. The molecule has 2 aromatic rings. The summed E-state index contributed by atoms with van der Waals surface area (Å²) in [5, 5.41) is 3.66. The predicted molar refractivity (Wildman–Crippen MR) is 83.2 cm³/mol. The molecular weight excluding hydrogens is 309 g/mol. The zero-order valence-electron chi connectivity index (χ0n) is 11.4. The molecule has 1 amide bonds. The Morgan fingerprint density at radius 1 is 1.33 bits per heavy atom. The summed E-state index contributed by atoms with van der Waals surface area (Å²) in [6.07, 6.45) is 3.84. The minimum Gasteiger partial charge on any atom is -0.321 e. The maximum Gasteiger partial charge on any atom is 0.259 e. The van der Waals surface area contributed by atoms with Gasteiger partial charge in [0.05, 0.1) is 22.0 Å². The summed E-state index contributed by atoms with van der Waals surface area (Å²) in [6, 6.07) is 4.91. The minimum atomic E-state index is -0.279. The Bertz CT molecular complexity index is 714. The molecule has 1 saturated carbocycles. The van der Waals surface area contributed by atoms with Crippen molar-refractivity contribution in [1.29, 1.82) is 0 Å². The second-order valence-corrected chi connectivity index (χ2v) is 5.92. The van der Waals surface area contributed by atoms with Gasteiger partial charge < -0.3 is 5.32 Å². The lowest BCUT2D eigenvalue weighted by Crippen LogP contribution is -2.15. The van der Waals surface area contributed by atoms with Crippen molar-refractivity contribution in [2.75, 3.05) is 5.32 Å². The Morgan fingerprint density at radius 3 is 2.71 bits per heavy atom. The predicted octanol–water partition coefficient (Wildman–Crippen LogP) is 4.22. The lowest BCUT2D eigenvalue weighted by atomic mass is 10.2. The van der Waals surface area contributed by atoms with Gasteiger partial charge in [-0.15, -0.1) is 0 Å². The first kappa shape index (κ1) is 14.3. The summed E-state index contributed by atoms with van der Waals surface area (Å²) in [7, 11) is 0. The maximum atomic E-state index is 12.3. The Balaban J connectivity index is 1.81. The smallest absolute Gasteiger partial charge is 0.259 e. The van der Waals surface area contributed by atoms with Crippen LogP contribution in [-0.2, 0) is 0 Å². The van der Waals surface area contributed by atoms with Crippen LogP contribution in [0.3, 0.4) is 0 Å². The molecule has 1 N–H and O–H groups in total. The van der Waals surface area contributed by atoms with Gasteiger partial charge in [0, 0.05) is 17.1 Å². The number of aryl methyl sites for hydroxylation is 1. The van der Waals surface area contributed by atoms with E-state index in [1.165, 1.54) is 0 Å². The van der Waals surface area contributed by atoms with E-state index in [1.807, 2.05) is 6.92 Å². The van der Waals surface area contributed by atoms with E-state index in [2.05, 4.69) is 15.3 Å². The van der Waals surface area contributed by atoms with Crippen LogP contribution in [0.5, 0.6) is 0 Å². The number of carbonyl (C=O) groups excluding carboxylic acids is 1. The van der Waals surface area contributed by atoms with E-state index in [9.17, 15) is 4.79 Å². The first-order valence-electron chi connectivity index (χ1n) is 6.64. The van der Waals surface area contributed by atoms with Crippen LogP contribution in [0.25, 0.3) is 0 Å². The maximum absolute atomic E-state index is 12.3. The molecule has 1 fully saturated rings. The Labute approximate surface area is 132 Å². The van der Waals surface area contributed by atoms with Gasteiger partial charge in [0.25, 0.3) is 5.91 Å². The molecule has 6 heteroatoms. The van der Waals surface area contributed by atoms with Crippen molar-refractivity contribution in [3.05, 3.63) is 51.5 Å². The van der Waals surface area contributed by atoms with Crippen molar-refractivity contribution in [1.82, 2.24) is 9.97 Å². The van der Waals surface area contributed by atoms with Gasteiger partial charge in [0.1, 0.15) is 5.82 Å². The number of hydrogen-bond acceptors (Lipinski definition) is 3. The third-order valence-corrected chi connectivity index (χ3v) is 3.91. The first-order valence-corrected chi connectivity index (χ1v) is 7.40. The molecule has 4 nitrogen and oxygen atoms in total. The van der Waals surface area contributed by atoms with Crippen molar-refractivity contribution in [3.8, 4) is 0 Å². The number of amides is 1. The number of hydrogen-bond donors (Lipinski definition) is 1. The third kappa shape index (κ3) is 3.17. The second kappa shape index (κ2) is 5.62. The van der Waals surface area contributed by atoms with E-state index in [0.717, 1.165) is 18.7 Å². The fourth-order valence-electron chi connectivity index (χ4n) is 2.03. The van der Waals surface area contributed by atoms with Gasteiger partial charge in [-0.05, 0) is 38.0 Å². The molecule has 0 aliphatic heterocycles. The highest BCUT2D eigenvalue weighted by Gasteiger charge is 2.27. The van der Waals surface area contributed by atoms with E-state index in [0.29, 0.717) is 32.9 Å². The zero-order chi connectivity index (χ0) is 15.0. The molecule has 21 heavy (non-hydrogen) atoms. The van der Waals surface area contributed by atoms with Gasteiger partial charge >= 0.3 is 0 Å². The molecule has 0 saturated heterocycles. The number of benzene rings is 1. The van der Waals surface area contributed by atoms with Gasteiger partial charge in [0.15, 0.2) is 0 Å². The fourth-order valence-corrected chi connectivity index (χ4v) is 2.48.